The van der Waals surface area contributed by atoms with E-state index in [-0.39, 0.29) is 23.5 Å². The maximum Gasteiger partial charge on any atom is 0.488 e. The van der Waals surface area contributed by atoms with Crippen molar-refractivity contribution in [3.63, 3.8) is 0 Å². The fraction of sp³-hybridized carbons (Fsp3) is 0.300. The highest BCUT2D eigenvalue weighted by molar-refractivity contribution is 6.31. The van der Waals surface area contributed by atoms with Gasteiger partial charge < -0.3 is 5.32 Å². The molecule has 0 bridgehead atoms. The predicted molar refractivity (Wildman–Crippen MR) is 108 cm³/mol. The molecule has 9 heteroatoms. The van der Waals surface area contributed by atoms with Gasteiger partial charge in [0.05, 0.1) is 5.02 Å². The maximum absolute atomic E-state index is 13.3. The van der Waals surface area contributed by atoms with Crippen LogP contribution in [0, 0.1) is 11.2 Å². The lowest BCUT2D eigenvalue weighted by molar-refractivity contribution is -0.543. The number of anilines is 1. The second-order valence-corrected chi connectivity index (χ2v) is 8.51. The summed E-state index contributed by atoms with van der Waals surface area (Å²) in [6.45, 7) is 6.04. The number of benzene rings is 2. The van der Waals surface area contributed by atoms with E-state index < -0.39 is 11.2 Å². The standard InChI is InChI=1S/C20H19Cl2FN4O2/c1-20(2,3)18(28)24-10-12-4-6-15(21)13(8-12)11-26-19(29)27(25-26)14-5-7-17(23)16(22)9-14/h4-9H,10-11H2,1-3H3/p+1. The Hall–Kier alpha value is -2.51. The number of halogens is 3. The van der Waals surface area contributed by atoms with Crippen molar-refractivity contribution in [3.8, 4) is 0 Å². The summed E-state index contributed by atoms with van der Waals surface area (Å²) in [5, 5.41) is 8.53. The predicted octanol–water partition coefficient (Wildman–Crippen LogP) is 5.31. The lowest BCUT2D eigenvalue weighted by Gasteiger charge is -2.21. The number of carbonyl (C=O) groups is 2. The van der Waals surface area contributed by atoms with E-state index in [1.165, 1.54) is 22.9 Å². The van der Waals surface area contributed by atoms with Gasteiger partial charge in [0.2, 0.25) is 5.91 Å². The van der Waals surface area contributed by atoms with Crippen LogP contribution in [-0.4, -0.2) is 16.6 Å². The van der Waals surface area contributed by atoms with Gasteiger partial charge in [-0.2, -0.15) is 0 Å². The average molecular weight is 438 g/mol. The Morgan fingerprint density at radius 1 is 1.17 bits per heavy atom. The van der Waals surface area contributed by atoms with Crippen molar-refractivity contribution in [2.24, 2.45) is 10.6 Å². The van der Waals surface area contributed by atoms with Crippen molar-refractivity contribution in [1.29, 1.82) is 0 Å². The Bertz CT molecular complexity index is 1020. The Morgan fingerprint density at radius 2 is 1.90 bits per heavy atom. The second kappa shape index (κ2) is 8.08. The molecule has 0 saturated heterocycles. The monoisotopic (exact) mass is 437 g/mol. The molecule has 0 aliphatic carbocycles. The van der Waals surface area contributed by atoms with E-state index in [0.29, 0.717) is 22.8 Å². The third kappa shape index (κ3) is 4.74. The first-order chi connectivity index (χ1) is 13.6. The van der Waals surface area contributed by atoms with Gasteiger partial charge in [0.15, 0.2) is 0 Å². The van der Waals surface area contributed by atoms with Crippen molar-refractivity contribution >= 4 is 40.8 Å². The van der Waals surface area contributed by atoms with Gasteiger partial charge in [-0.3, -0.25) is 4.79 Å². The fourth-order valence-electron chi connectivity index (χ4n) is 2.60. The summed E-state index contributed by atoms with van der Waals surface area (Å²) in [5.74, 6) is -0.627. The lowest BCUT2D eigenvalue weighted by Crippen LogP contribution is -2.44. The smallest absolute Gasteiger partial charge is 0.352 e. The molecule has 6 nitrogen and oxygen atoms in total. The van der Waals surface area contributed by atoms with Gasteiger partial charge in [-0.1, -0.05) is 59.7 Å². The highest BCUT2D eigenvalue weighted by Crippen LogP contribution is 2.28. The summed E-state index contributed by atoms with van der Waals surface area (Å²) in [6.07, 6.45) is 0. The van der Waals surface area contributed by atoms with E-state index in [4.69, 9.17) is 23.2 Å². The number of nitrogens with zero attached hydrogens (tertiary/aromatic N) is 3. The van der Waals surface area contributed by atoms with Crippen molar-refractivity contribution in [2.45, 2.75) is 33.9 Å². The number of urea groups is 1. The van der Waals surface area contributed by atoms with E-state index in [1.54, 1.807) is 6.07 Å². The summed E-state index contributed by atoms with van der Waals surface area (Å²) in [5.41, 5.74) is 1.45. The molecule has 29 heavy (non-hydrogen) atoms. The SMILES string of the molecule is CC(C)(C)C(=O)NCc1ccc(Cl)c(C[N+]2=NN(c3ccc(F)c(Cl)c3)C2=O)c1. The van der Waals surface area contributed by atoms with Crippen molar-refractivity contribution in [2.75, 3.05) is 5.01 Å². The zero-order chi connectivity index (χ0) is 21.3. The molecule has 0 fully saturated rings. The zero-order valence-electron chi connectivity index (χ0n) is 16.2. The van der Waals surface area contributed by atoms with Crippen molar-refractivity contribution < 1.29 is 18.7 Å². The minimum Gasteiger partial charge on any atom is -0.352 e. The van der Waals surface area contributed by atoms with Gasteiger partial charge in [0.25, 0.3) is 0 Å². The summed E-state index contributed by atoms with van der Waals surface area (Å²) in [7, 11) is 0. The first-order valence-electron chi connectivity index (χ1n) is 8.90. The molecule has 1 aliphatic rings. The number of carbonyl (C=O) groups excluding carboxylic acids is 2. The van der Waals surface area contributed by atoms with E-state index in [1.807, 2.05) is 32.9 Å². The van der Waals surface area contributed by atoms with Crippen LogP contribution in [0.15, 0.2) is 41.6 Å². The van der Waals surface area contributed by atoms with Crippen LogP contribution in [0.4, 0.5) is 14.9 Å². The van der Waals surface area contributed by atoms with E-state index in [0.717, 1.165) is 10.6 Å². The summed E-state index contributed by atoms with van der Waals surface area (Å²) in [4.78, 5) is 24.4. The second-order valence-electron chi connectivity index (χ2n) is 7.70. The van der Waals surface area contributed by atoms with Crippen LogP contribution in [0.2, 0.25) is 10.0 Å². The minimum atomic E-state index is -0.567. The quantitative estimate of drug-likeness (QED) is 0.643. The van der Waals surface area contributed by atoms with Crippen LogP contribution in [0.5, 0.6) is 0 Å². The van der Waals surface area contributed by atoms with Gasteiger partial charge in [-0.25, -0.2) is 9.18 Å². The van der Waals surface area contributed by atoms with Crippen LogP contribution in [0.1, 0.15) is 31.9 Å². The van der Waals surface area contributed by atoms with E-state index in [2.05, 4.69) is 10.5 Å². The highest BCUT2D eigenvalue weighted by Gasteiger charge is 2.38. The lowest BCUT2D eigenvalue weighted by atomic mass is 9.95. The Morgan fingerprint density at radius 3 is 2.52 bits per heavy atom. The number of hydrogen-bond donors (Lipinski definition) is 1. The van der Waals surface area contributed by atoms with Gasteiger partial charge in [-0.05, 0) is 29.8 Å². The Kier molecular flexibility index (Phi) is 5.91. The molecule has 0 spiro atoms. The molecule has 152 valence electrons. The van der Waals surface area contributed by atoms with Crippen LogP contribution in [0.3, 0.4) is 0 Å². The number of nitrogens with one attached hydrogen (secondary N) is 1. The first kappa shape index (κ1) is 21.2. The molecular weight excluding hydrogens is 418 g/mol. The molecule has 0 saturated carbocycles. The Balaban J connectivity index is 1.71. The van der Waals surface area contributed by atoms with Crippen LogP contribution < -0.4 is 10.3 Å². The summed E-state index contributed by atoms with van der Waals surface area (Å²) >= 11 is 12.0. The van der Waals surface area contributed by atoms with Gasteiger partial charge in [-0.15, -0.1) is 0 Å². The molecule has 0 atom stereocenters. The highest BCUT2D eigenvalue weighted by atomic mass is 35.5. The van der Waals surface area contributed by atoms with Gasteiger partial charge in [0.1, 0.15) is 18.0 Å². The molecule has 0 unspecified atom stereocenters. The Labute approximate surface area is 177 Å². The molecule has 2 aromatic rings. The number of amides is 3. The summed E-state index contributed by atoms with van der Waals surface area (Å²) < 4.78 is 14.5. The molecule has 0 aromatic heterocycles. The third-order valence-corrected chi connectivity index (χ3v) is 4.97. The zero-order valence-corrected chi connectivity index (χ0v) is 17.7. The molecule has 2 aromatic carbocycles. The van der Waals surface area contributed by atoms with Crippen molar-refractivity contribution in [3.05, 3.63) is 63.4 Å². The molecular formula is C20H20Cl2FN4O2+. The number of rotatable bonds is 5. The summed E-state index contributed by atoms with van der Waals surface area (Å²) in [6, 6.07) is 8.91. The molecule has 3 rings (SSSR count). The molecule has 3 amide bonds. The third-order valence-electron chi connectivity index (χ3n) is 4.31. The topological polar surface area (TPSA) is 64.8 Å². The molecule has 1 N–H and O–H groups in total. The number of hydrogen-bond acceptors (Lipinski definition) is 3. The van der Waals surface area contributed by atoms with E-state index in [9.17, 15) is 14.0 Å². The van der Waals surface area contributed by atoms with Crippen LogP contribution in [-0.2, 0) is 17.9 Å². The normalized spacial score (nSPS) is 13.8. The fourth-order valence-corrected chi connectivity index (χ4v) is 2.95. The average Bonchev–Trinajstić information content (AvgIpc) is 2.66. The minimum absolute atomic E-state index is 0.0597. The van der Waals surface area contributed by atoms with Crippen LogP contribution in [0.25, 0.3) is 0 Å². The van der Waals surface area contributed by atoms with E-state index >= 15 is 0 Å². The van der Waals surface area contributed by atoms with Crippen LogP contribution >= 0.6 is 23.2 Å². The molecule has 0 radical (unpaired) electrons. The maximum atomic E-state index is 13.3. The van der Waals surface area contributed by atoms with Crippen molar-refractivity contribution in [1.82, 2.24) is 5.32 Å². The molecule has 1 heterocycles. The first-order valence-corrected chi connectivity index (χ1v) is 9.65. The van der Waals surface area contributed by atoms with Gasteiger partial charge in [0, 0.05) is 33.8 Å². The van der Waals surface area contributed by atoms with Gasteiger partial charge >= 0.3 is 6.03 Å². The molecule has 1 aliphatic heterocycles. The largest absolute Gasteiger partial charge is 0.488 e.